The summed E-state index contributed by atoms with van der Waals surface area (Å²) in [5.41, 5.74) is 10.2. The lowest BCUT2D eigenvalue weighted by Gasteiger charge is -2.31. The van der Waals surface area contributed by atoms with Crippen molar-refractivity contribution in [2.24, 2.45) is 0 Å². The van der Waals surface area contributed by atoms with Gasteiger partial charge in [0.15, 0.2) is 0 Å². The standard InChI is InChI=1S/C50H47N7O3/c1-55(2)46(39-9-4-3-5-10-39)50(60)57-28-8-14-45(57)48-52-31-43(54-48)38-25-21-35(22-26-38)34-19-23-37(24-20-34)42-30-51-47(53-42)44-13-7-27-56(44)49(59)41-12-6-11-40(29-41)36-17-15-33(32-58)16-18-36/h3-6,9-12,15-26,29-32,44-46H,7-8,13-14,27-28H2,1-2H3,(H,51,53)(H,52,54)/t44-,45-,46+/m0/s1. The van der Waals surface area contributed by atoms with E-state index in [1.807, 2.05) is 108 Å². The predicted octanol–water partition coefficient (Wildman–Crippen LogP) is 9.56. The van der Waals surface area contributed by atoms with Crippen LogP contribution in [0.5, 0.6) is 0 Å². The van der Waals surface area contributed by atoms with Gasteiger partial charge in [0.05, 0.1) is 35.9 Å². The zero-order chi connectivity index (χ0) is 41.2. The molecule has 60 heavy (non-hydrogen) atoms. The number of carbonyl (C=O) groups excluding carboxylic acids is 3. The maximum Gasteiger partial charge on any atom is 0.254 e. The van der Waals surface area contributed by atoms with Gasteiger partial charge < -0.3 is 19.8 Å². The van der Waals surface area contributed by atoms with Crippen LogP contribution in [0.3, 0.4) is 0 Å². The molecule has 300 valence electrons. The molecule has 2 N–H and O–H groups in total. The van der Waals surface area contributed by atoms with Crippen LogP contribution in [0, 0.1) is 0 Å². The Kier molecular flexibility index (Phi) is 10.8. The minimum absolute atomic E-state index is 0.0186. The second-order valence-corrected chi connectivity index (χ2v) is 16.0. The fourth-order valence-corrected chi connectivity index (χ4v) is 8.80. The van der Waals surface area contributed by atoms with Gasteiger partial charge in [-0.25, -0.2) is 9.97 Å². The Morgan fingerprint density at radius 3 is 1.72 bits per heavy atom. The molecular weight excluding hydrogens is 747 g/mol. The number of carbonyl (C=O) groups is 3. The van der Waals surface area contributed by atoms with E-state index in [4.69, 9.17) is 9.97 Å². The van der Waals surface area contributed by atoms with Gasteiger partial charge in [0, 0.05) is 24.2 Å². The van der Waals surface area contributed by atoms with E-state index in [-0.39, 0.29) is 29.9 Å². The maximum atomic E-state index is 13.9. The number of likely N-dealkylation sites (N-methyl/N-ethyl adjacent to an activating group) is 1. The van der Waals surface area contributed by atoms with Gasteiger partial charge in [0.1, 0.15) is 24.0 Å². The summed E-state index contributed by atoms with van der Waals surface area (Å²) in [4.78, 5) is 61.4. The summed E-state index contributed by atoms with van der Waals surface area (Å²) >= 11 is 0. The third-order valence-electron chi connectivity index (χ3n) is 12.0. The van der Waals surface area contributed by atoms with Gasteiger partial charge >= 0.3 is 0 Å². The smallest absolute Gasteiger partial charge is 0.254 e. The number of aromatic nitrogens is 4. The average molecular weight is 794 g/mol. The monoisotopic (exact) mass is 793 g/mol. The van der Waals surface area contributed by atoms with Gasteiger partial charge in [-0.15, -0.1) is 0 Å². The van der Waals surface area contributed by atoms with Crippen LogP contribution in [0.1, 0.15) is 81.7 Å². The Bertz CT molecular complexity index is 2610. The van der Waals surface area contributed by atoms with Crippen LogP contribution < -0.4 is 0 Å². The molecule has 2 aliphatic rings. The highest BCUT2D eigenvalue weighted by Gasteiger charge is 2.37. The average Bonchev–Trinajstić information content (AvgIpc) is 4.14. The van der Waals surface area contributed by atoms with Gasteiger partial charge in [-0.2, -0.15) is 0 Å². The summed E-state index contributed by atoms with van der Waals surface area (Å²) in [6, 6.07) is 41.3. The second kappa shape index (κ2) is 16.8. The fourth-order valence-electron chi connectivity index (χ4n) is 8.80. The number of hydrogen-bond donors (Lipinski definition) is 2. The molecule has 10 nitrogen and oxygen atoms in total. The van der Waals surface area contributed by atoms with Crippen molar-refractivity contribution in [1.82, 2.24) is 34.6 Å². The number of nitrogens with one attached hydrogen (secondary N) is 2. The van der Waals surface area contributed by atoms with Crippen LogP contribution in [0.15, 0.2) is 140 Å². The first kappa shape index (κ1) is 38.6. The summed E-state index contributed by atoms with van der Waals surface area (Å²) in [5.74, 6) is 1.69. The van der Waals surface area contributed by atoms with Crippen molar-refractivity contribution in [2.45, 2.75) is 43.8 Å². The Labute approximate surface area is 349 Å². The van der Waals surface area contributed by atoms with Crippen molar-refractivity contribution >= 4 is 18.1 Å². The lowest BCUT2D eigenvalue weighted by atomic mass is 10.0. The van der Waals surface area contributed by atoms with Crippen molar-refractivity contribution < 1.29 is 14.4 Å². The molecule has 2 aromatic heterocycles. The molecule has 2 fully saturated rings. The second-order valence-electron chi connectivity index (χ2n) is 16.0. The molecule has 0 bridgehead atoms. The highest BCUT2D eigenvalue weighted by atomic mass is 16.2. The van der Waals surface area contributed by atoms with Gasteiger partial charge in [-0.1, -0.05) is 115 Å². The zero-order valence-electron chi connectivity index (χ0n) is 33.8. The number of H-pyrrole nitrogens is 2. The SMILES string of the molecule is CN(C)[C@@H](C(=O)N1CCC[C@H]1c1ncc(-c2ccc(-c3ccc(-c4cnc([C@@H]5CCCN5C(=O)c5cccc(-c6ccc(C=O)cc6)c5)[nH]4)cc3)cc2)[nH]1)c1ccccc1. The number of benzene rings is 5. The molecule has 0 radical (unpaired) electrons. The molecule has 2 aliphatic heterocycles. The number of rotatable bonds is 11. The summed E-state index contributed by atoms with van der Waals surface area (Å²) in [7, 11) is 3.91. The molecule has 0 saturated carbocycles. The molecular formula is C50H47N7O3. The molecule has 2 amide bonds. The summed E-state index contributed by atoms with van der Waals surface area (Å²) in [6.07, 6.45) is 8.11. The first-order chi connectivity index (χ1) is 29.3. The topological polar surface area (TPSA) is 118 Å². The highest BCUT2D eigenvalue weighted by Crippen LogP contribution is 2.37. The molecule has 0 spiro atoms. The first-order valence-corrected chi connectivity index (χ1v) is 20.6. The minimum Gasteiger partial charge on any atom is -0.340 e. The van der Waals surface area contributed by atoms with E-state index >= 15 is 0 Å². The third-order valence-corrected chi connectivity index (χ3v) is 12.0. The van der Waals surface area contributed by atoms with E-state index in [2.05, 4.69) is 58.5 Å². The van der Waals surface area contributed by atoms with Crippen LogP contribution in [0.2, 0.25) is 0 Å². The number of aromatic amines is 2. The van der Waals surface area contributed by atoms with Crippen molar-refractivity contribution in [3.05, 3.63) is 168 Å². The van der Waals surface area contributed by atoms with Crippen molar-refractivity contribution in [2.75, 3.05) is 27.2 Å². The first-order valence-electron chi connectivity index (χ1n) is 20.6. The number of amides is 2. The van der Waals surface area contributed by atoms with Gasteiger partial charge in [0.25, 0.3) is 5.91 Å². The summed E-state index contributed by atoms with van der Waals surface area (Å²) in [6.45, 7) is 1.38. The van der Waals surface area contributed by atoms with Crippen molar-refractivity contribution in [3.8, 4) is 44.8 Å². The van der Waals surface area contributed by atoms with Gasteiger partial charge in [0.2, 0.25) is 5.91 Å². The highest BCUT2D eigenvalue weighted by molar-refractivity contribution is 5.96. The van der Waals surface area contributed by atoms with E-state index in [0.29, 0.717) is 24.2 Å². The number of likely N-dealkylation sites (tertiary alicyclic amines) is 2. The fraction of sp³-hybridized carbons (Fsp3) is 0.220. The molecule has 0 unspecified atom stereocenters. The predicted molar refractivity (Wildman–Crippen MR) is 234 cm³/mol. The quantitative estimate of drug-likeness (QED) is 0.126. The van der Waals surface area contributed by atoms with Crippen molar-refractivity contribution in [1.29, 1.82) is 0 Å². The minimum atomic E-state index is -0.349. The number of aldehydes is 1. The molecule has 2 saturated heterocycles. The normalized spacial score (nSPS) is 17.0. The van der Waals surface area contributed by atoms with Gasteiger partial charge in [-0.05, 0) is 90.9 Å². The van der Waals surface area contributed by atoms with Crippen molar-refractivity contribution in [3.63, 3.8) is 0 Å². The van der Waals surface area contributed by atoms with Gasteiger partial charge in [-0.3, -0.25) is 19.3 Å². The lowest BCUT2D eigenvalue weighted by molar-refractivity contribution is -0.137. The summed E-state index contributed by atoms with van der Waals surface area (Å²) in [5, 5.41) is 0. The molecule has 4 heterocycles. The van der Waals surface area contributed by atoms with E-state index in [9.17, 15) is 14.4 Å². The van der Waals surface area contributed by atoms with Crippen LogP contribution in [0.4, 0.5) is 0 Å². The van der Waals surface area contributed by atoms with Crippen LogP contribution in [0.25, 0.3) is 44.8 Å². The van der Waals surface area contributed by atoms with E-state index < -0.39 is 0 Å². The number of hydrogen-bond acceptors (Lipinski definition) is 6. The number of imidazole rings is 2. The lowest BCUT2D eigenvalue weighted by Crippen LogP contribution is -2.40. The molecule has 9 rings (SSSR count). The van der Waals surface area contributed by atoms with E-state index in [0.717, 1.165) is 94.0 Å². The summed E-state index contributed by atoms with van der Waals surface area (Å²) < 4.78 is 0. The Morgan fingerprint density at radius 2 is 1.15 bits per heavy atom. The molecule has 0 aliphatic carbocycles. The van der Waals surface area contributed by atoms with E-state index in [1.165, 1.54) is 0 Å². The zero-order valence-corrected chi connectivity index (χ0v) is 33.8. The maximum absolute atomic E-state index is 13.9. The van der Waals surface area contributed by atoms with E-state index in [1.54, 1.807) is 12.1 Å². The Balaban J connectivity index is 0.852. The molecule has 7 aromatic rings. The number of nitrogens with zero attached hydrogens (tertiary/aromatic N) is 5. The van der Waals surface area contributed by atoms with Crippen LogP contribution in [-0.2, 0) is 4.79 Å². The third kappa shape index (κ3) is 7.69. The molecule has 3 atom stereocenters. The Morgan fingerprint density at radius 1 is 0.633 bits per heavy atom. The van der Waals surface area contributed by atoms with Crippen LogP contribution in [-0.4, -0.2) is 79.9 Å². The largest absolute Gasteiger partial charge is 0.340 e. The molecule has 10 heteroatoms. The Hall–Kier alpha value is -6.91. The molecule has 5 aromatic carbocycles. The van der Waals surface area contributed by atoms with Crippen LogP contribution >= 0.6 is 0 Å².